The molecule has 2 unspecified atom stereocenters. The van der Waals surface area contributed by atoms with Crippen LogP contribution in [0.5, 0.6) is 0 Å². The standard InChI is InChI=1S/C21H31NO3/c1-16(18-12-8-5-9-13-18)25-19-21(2,3)15-24-20(23)22(19)14-17-10-6-4-7-11-17/h4,6-7,10-11,16,18-19H,5,8-9,12-15H2,1-3H3. The zero-order valence-electron chi connectivity index (χ0n) is 15.7. The molecule has 4 heteroatoms. The van der Waals surface area contributed by atoms with E-state index in [1.165, 1.54) is 32.1 Å². The highest BCUT2D eigenvalue weighted by atomic mass is 16.6. The first kappa shape index (κ1) is 18.2. The summed E-state index contributed by atoms with van der Waals surface area (Å²) in [7, 11) is 0. The summed E-state index contributed by atoms with van der Waals surface area (Å²) < 4.78 is 12.0. The molecule has 0 radical (unpaired) electrons. The van der Waals surface area contributed by atoms with Gasteiger partial charge in [0.15, 0.2) is 0 Å². The van der Waals surface area contributed by atoms with Gasteiger partial charge in [-0.2, -0.15) is 0 Å². The Bertz CT molecular complexity index is 566. The second-order valence-electron chi connectivity index (χ2n) is 8.25. The molecule has 1 heterocycles. The molecule has 1 aliphatic heterocycles. The fraction of sp³-hybridized carbons (Fsp3) is 0.667. The summed E-state index contributed by atoms with van der Waals surface area (Å²) in [6.45, 7) is 7.34. The van der Waals surface area contributed by atoms with Crippen LogP contribution in [0.1, 0.15) is 58.4 Å². The maximum absolute atomic E-state index is 12.5. The van der Waals surface area contributed by atoms with Crippen molar-refractivity contribution in [2.24, 2.45) is 11.3 Å². The van der Waals surface area contributed by atoms with Crippen molar-refractivity contribution in [1.82, 2.24) is 4.90 Å². The number of carbonyl (C=O) groups is 1. The molecule has 0 aromatic heterocycles. The van der Waals surface area contributed by atoms with Gasteiger partial charge < -0.3 is 9.47 Å². The molecule has 138 valence electrons. The van der Waals surface area contributed by atoms with E-state index in [0.717, 1.165) is 5.56 Å². The summed E-state index contributed by atoms with van der Waals surface area (Å²) in [5.74, 6) is 0.598. The largest absolute Gasteiger partial charge is 0.449 e. The van der Waals surface area contributed by atoms with Crippen molar-refractivity contribution in [3.05, 3.63) is 35.9 Å². The van der Waals surface area contributed by atoms with Crippen LogP contribution in [0, 0.1) is 11.3 Å². The van der Waals surface area contributed by atoms with Crippen molar-refractivity contribution in [2.45, 2.75) is 71.8 Å². The van der Waals surface area contributed by atoms with Gasteiger partial charge in [0.1, 0.15) is 12.8 Å². The lowest BCUT2D eigenvalue weighted by molar-refractivity contribution is -0.191. The first-order valence-electron chi connectivity index (χ1n) is 9.60. The number of nitrogens with zero attached hydrogens (tertiary/aromatic N) is 1. The monoisotopic (exact) mass is 345 g/mol. The molecule has 3 rings (SSSR count). The van der Waals surface area contributed by atoms with E-state index >= 15 is 0 Å². The third kappa shape index (κ3) is 4.35. The first-order chi connectivity index (χ1) is 12.0. The van der Waals surface area contributed by atoms with Crippen LogP contribution >= 0.6 is 0 Å². The van der Waals surface area contributed by atoms with E-state index in [9.17, 15) is 4.79 Å². The maximum Gasteiger partial charge on any atom is 0.412 e. The average Bonchev–Trinajstić information content (AvgIpc) is 2.63. The molecule has 1 aliphatic carbocycles. The Hall–Kier alpha value is -1.55. The summed E-state index contributed by atoms with van der Waals surface area (Å²) in [6, 6.07) is 10.1. The molecular formula is C21H31NO3. The van der Waals surface area contributed by atoms with Crippen LogP contribution in [0.2, 0.25) is 0 Å². The molecule has 1 amide bonds. The van der Waals surface area contributed by atoms with Gasteiger partial charge in [-0.05, 0) is 31.2 Å². The fourth-order valence-electron chi connectivity index (χ4n) is 4.02. The number of cyclic esters (lactones) is 1. The van der Waals surface area contributed by atoms with Crippen molar-refractivity contribution in [3.63, 3.8) is 0 Å². The molecule has 1 aromatic rings. The smallest absolute Gasteiger partial charge is 0.412 e. The molecule has 0 N–H and O–H groups in total. The number of amides is 1. The Morgan fingerprint density at radius 3 is 2.56 bits per heavy atom. The van der Waals surface area contributed by atoms with Crippen molar-refractivity contribution >= 4 is 6.09 Å². The number of ether oxygens (including phenoxy) is 2. The van der Waals surface area contributed by atoms with Gasteiger partial charge >= 0.3 is 6.09 Å². The molecule has 2 aliphatic rings. The molecule has 1 saturated heterocycles. The molecular weight excluding hydrogens is 314 g/mol. The van der Waals surface area contributed by atoms with Gasteiger partial charge in [0.25, 0.3) is 0 Å². The predicted octanol–water partition coefficient (Wildman–Crippen LogP) is 4.98. The summed E-state index contributed by atoms with van der Waals surface area (Å²) >= 11 is 0. The maximum atomic E-state index is 12.5. The number of hydrogen-bond donors (Lipinski definition) is 0. The number of rotatable bonds is 5. The molecule has 0 bridgehead atoms. The highest BCUT2D eigenvalue weighted by molar-refractivity contribution is 5.69. The predicted molar refractivity (Wildman–Crippen MR) is 98.0 cm³/mol. The zero-order chi connectivity index (χ0) is 17.9. The van der Waals surface area contributed by atoms with E-state index in [2.05, 4.69) is 20.8 Å². The molecule has 1 saturated carbocycles. The van der Waals surface area contributed by atoms with Crippen LogP contribution in [-0.2, 0) is 16.0 Å². The number of hydrogen-bond acceptors (Lipinski definition) is 3. The normalized spacial score (nSPS) is 25.5. The zero-order valence-corrected chi connectivity index (χ0v) is 15.7. The third-order valence-corrected chi connectivity index (χ3v) is 5.61. The quantitative estimate of drug-likeness (QED) is 0.756. The summed E-state index contributed by atoms with van der Waals surface area (Å²) in [5.41, 5.74) is 0.863. The first-order valence-corrected chi connectivity index (χ1v) is 9.60. The summed E-state index contributed by atoms with van der Waals surface area (Å²) in [4.78, 5) is 14.2. The fourth-order valence-corrected chi connectivity index (χ4v) is 4.02. The molecule has 25 heavy (non-hydrogen) atoms. The SMILES string of the molecule is CC(OC1N(Cc2ccccc2)C(=O)OCC1(C)C)C1CCCCC1. The lowest BCUT2D eigenvalue weighted by Gasteiger charge is -2.46. The summed E-state index contributed by atoms with van der Waals surface area (Å²) in [5, 5.41) is 0. The van der Waals surface area contributed by atoms with E-state index in [1.807, 2.05) is 30.3 Å². The van der Waals surface area contributed by atoms with Gasteiger partial charge in [-0.25, -0.2) is 4.79 Å². The highest BCUT2D eigenvalue weighted by Gasteiger charge is 2.45. The van der Waals surface area contributed by atoms with Gasteiger partial charge in [-0.1, -0.05) is 63.4 Å². The van der Waals surface area contributed by atoms with Gasteiger partial charge in [0.05, 0.1) is 12.6 Å². The Morgan fingerprint density at radius 2 is 1.88 bits per heavy atom. The third-order valence-electron chi connectivity index (χ3n) is 5.61. The van der Waals surface area contributed by atoms with E-state index < -0.39 is 0 Å². The minimum Gasteiger partial charge on any atom is -0.449 e. The van der Waals surface area contributed by atoms with Crippen molar-refractivity contribution < 1.29 is 14.3 Å². The molecule has 2 atom stereocenters. The van der Waals surface area contributed by atoms with Gasteiger partial charge in [0.2, 0.25) is 0 Å². The highest BCUT2D eigenvalue weighted by Crippen LogP contribution is 2.36. The molecule has 0 spiro atoms. The molecule has 4 nitrogen and oxygen atoms in total. The Labute approximate surface area is 151 Å². The van der Waals surface area contributed by atoms with Crippen LogP contribution in [-0.4, -0.2) is 29.9 Å². The number of carbonyl (C=O) groups excluding carboxylic acids is 1. The van der Waals surface area contributed by atoms with Crippen LogP contribution in [0.4, 0.5) is 4.79 Å². The number of benzene rings is 1. The average molecular weight is 345 g/mol. The van der Waals surface area contributed by atoms with Crippen LogP contribution in [0.15, 0.2) is 30.3 Å². The Balaban J connectivity index is 1.76. The minimum atomic E-state index is -0.274. The minimum absolute atomic E-state index is 0.161. The molecule has 1 aromatic carbocycles. The van der Waals surface area contributed by atoms with Gasteiger partial charge in [-0.3, -0.25) is 4.90 Å². The Kier molecular flexibility index (Phi) is 5.67. The molecule has 2 fully saturated rings. The van der Waals surface area contributed by atoms with E-state index in [-0.39, 0.29) is 23.8 Å². The van der Waals surface area contributed by atoms with Crippen molar-refractivity contribution in [2.75, 3.05) is 6.61 Å². The van der Waals surface area contributed by atoms with Crippen LogP contribution in [0.3, 0.4) is 0 Å². The lowest BCUT2D eigenvalue weighted by atomic mass is 9.85. The topological polar surface area (TPSA) is 38.8 Å². The van der Waals surface area contributed by atoms with E-state index in [1.54, 1.807) is 4.90 Å². The van der Waals surface area contributed by atoms with Crippen molar-refractivity contribution in [3.8, 4) is 0 Å². The second-order valence-corrected chi connectivity index (χ2v) is 8.25. The Morgan fingerprint density at radius 1 is 1.20 bits per heavy atom. The second kappa shape index (κ2) is 7.77. The van der Waals surface area contributed by atoms with E-state index in [0.29, 0.717) is 19.1 Å². The van der Waals surface area contributed by atoms with Crippen LogP contribution in [0.25, 0.3) is 0 Å². The van der Waals surface area contributed by atoms with Crippen molar-refractivity contribution in [1.29, 1.82) is 0 Å². The van der Waals surface area contributed by atoms with E-state index in [4.69, 9.17) is 9.47 Å². The van der Waals surface area contributed by atoms with Gasteiger partial charge in [0, 0.05) is 5.41 Å². The lowest BCUT2D eigenvalue weighted by Crippen LogP contribution is -2.57. The summed E-state index contributed by atoms with van der Waals surface area (Å²) in [6.07, 6.45) is 6.02. The van der Waals surface area contributed by atoms with Gasteiger partial charge in [-0.15, -0.1) is 0 Å². The van der Waals surface area contributed by atoms with Crippen LogP contribution < -0.4 is 0 Å².